The molecule has 1 aromatic rings. The van der Waals surface area contributed by atoms with Gasteiger partial charge >= 0.3 is 0 Å². The first-order chi connectivity index (χ1) is 8.13. The van der Waals surface area contributed by atoms with E-state index in [1.54, 1.807) is 11.6 Å². The van der Waals surface area contributed by atoms with Gasteiger partial charge in [0.05, 0.1) is 11.3 Å². The normalized spacial score (nSPS) is 15.3. The molecule has 1 aliphatic rings. The molecule has 0 spiro atoms. The third-order valence-electron chi connectivity index (χ3n) is 3.30. The maximum absolute atomic E-state index is 12.0. The van der Waals surface area contributed by atoms with Gasteiger partial charge in [0.2, 0.25) is 5.91 Å². The number of carbonyl (C=O) groups is 2. The van der Waals surface area contributed by atoms with Crippen molar-refractivity contribution in [2.75, 3.05) is 13.1 Å². The first-order valence-corrected chi connectivity index (χ1v) is 5.90. The van der Waals surface area contributed by atoms with Crippen LogP contribution >= 0.6 is 0 Å². The summed E-state index contributed by atoms with van der Waals surface area (Å²) in [7, 11) is 0. The topological polar surface area (TPSA) is 55.2 Å². The monoisotopic (exact) mass is 235 g/mol. The van der Waals surface area contributed by atoms with Gasteiger partial charge in [-0.25, -0.2) is 0 Å². The predicted octanol–water partition coefficient (Wildman–Crippen LogP) is 0.935. The number of carbonyl (C=O) groups excluding carboxylic acids is 2. The maximum atomic E-state index is 12.0. The number of hydrogen-bond acceptors (Lipinski definition) is 3. The zero-order chi connectivity index (χ0) is 12.4. The predicted molar refractivity (Wildman–Crippen MR) is 62.9 cm³/mol. The highest BCUT2D eigenvalue weighted by Crippen LogP contribution is 2.12. The summed E-state index contributed by atoms with van der Waals surface area (Å²) < 4.78 is 1.62. The van der Waals surface area contributed by atoms with Gasteiger partial charge in [-0.2, -0.15) is 5.10 Å². The molecule has 0 unspecified atom stereocenters. The quantitative estimate of drug-likeness (QED) is 0.732. The number of likely N-dealkylation sites (tertiary alicyclic amines) is 1. The van der Waals surface area contributed by atoms with Crippen molar-refractivity contribution in [2.24, 2.45) is 0 Å². The number of aromatic nitrogens is 2. The van der Waals surface area contributed by atoms with Crippen molar-refractivity contribution < 1.29 is 9.59 Å². The Bertz CT molecular complexity index is 445. The van der Waals surface area contributed by atoms with Gasteiger partial charge in [-0.3, -0.25) is 14.3 Å². The van der Waals surface area contributed by atoms with Gasteiger partial charge in [-0.05, 0) is 26.7 Å². The van der Waals surface area contributed by atoms with Crippen LogP contribution < -0.4 is 0 Å². The molecule has 0 bridgehead atoms. The fraction of sp³-hybridized carbons (Fsp3) is 0.583. The summed E-state index contributed by atoms with van der Waals surface area (Å²) in [5, 5.41) is 4.23. The number of aryl methyl sites for hydroxylation is 1. The number of hydrogen-bond donors (Lipinski definition) is 0. The zero-order valence-corrected chi connectivity index (χ0v) is 10.3. The van der Waals surface area contributed by atoms with Gasteiger partial charge < -0.3 is 4.90 Å². The summed E-state index contributed by atoms with van der Waals surface area (Å²) in [5.74, 6) is 0.0885. The van der Waals surface area contributed by atoms with E-state index in [1.165, 1.54) is 0 Å². The van der Waals surface area contributed by atoms with E-state index >= 15 is 0 Å². The van der Waals surface area contributed by atoms with E-state index in [0.717, 1.165) is 37.9 Å². The SMILES string of the molecule is Cc1nn(CC(=O)N2CCCC2)c(C)c1C=O. The van der Waals surface area contributed by atoms with Crippen LogP contribution in [0.5, 0.6) is 0 Å². The van der Waals surface area contributed by atoms with Crippen LogP contribution in [0.2, 0.25) is 0 Å². The molecule has 1 aliphatic heterocycles. The van der Waals surface area contributed by atoms with E-state index in [9.17, 15) is 9.59 Å². The van der Waals surface area contributed by atoms with E-state index < -0.39 is 0 Å². The van der Waals surface area contributed by atoms with Crippen LogP contribution in [0, 0.1) is 13.8 Å². The first-order valence-electron chi connectivity index (χ1n) is 5.90. The molecule has 0 radical (unpaired) electrons. The summed E-state index contributed by atoms with van der Waals surface area (Å²) in [6.07, 6.45) is 2.97. The number of nitrogens with zero attached hydrogens (tertiary/aromatic N) is 3. The molecule has 0 atom stereocenters. The molecule has 1 aromatic heterocycles. The second kappa shape index (κ2) is 4.69. The minimum Gasteiger partial charge on any atom is -0.341 e. The van der Waals surface area contributed by atoms with Crippen LogP contribution in [0.15, 0.2) is 0 Å². The fourth-order valence-electron chi connectivity index (χ4n) is 2.23. The Morgan fingerprint density at radius 2 is 2.00 bits per heavy atom. The van der Waals surface area contributed by atoms with Gasteiger partial charge in [-0.1, -0.05) is 0 Å². The Morgan fingerprint density at radius 3 is 2.53 bits per heavy atom. The summed E-state index contributed by atoms with van der Waals surface area (Å²) >= 11 is 0. The summed E-state index contributed by atoms with van der Waals surface area (Å²) in [4.78, 5) is 24.7. The molecule has 1 amide bonds. The highest BCUT2D eigenvalue weighted by Gasteiger charge is 2.20. The Labute approximate surface area is 100 Å². The van der Waals surface area contributed by atoms with Crippen molar-refractivity contribution in [3.05, 3.63) is 17.0 Å². The van der Waals surface area contributed by atoms with Crippen molar-refractivity contribution >= 4 is 12.2 Å². The van der Waals surface area contributed by atoms with Crippen molar-refractivity contribution in [3.8, 4) is 0 Å². The molecule has 2 rings (SSSR count). The largest absolute Gasteiger partial charge is 0.341 e. The van der Waals surface area contributed by atoms with E-state index in [2.05, 4.69) is 5.10 Å². The lowest BCUT2D eigenvalue weighted by atomic mass is 10.2. The molecule has 17 heavy (non-hydrogen) atoms. The van der Waals surface area contributed by atoms with Crippen molar-refractivity contribution in [2.45, 2.75) is 33.2 Å². The average Bonchev–Trinajstić information content (AvgIpc) is 2.89. The molecule has 92 valence electrons. The molecule has 2 heterocycles. The molecule has 0 saturated carbocycles. The molecule has 5 heteroatoms. The molecule has 0 aliphatic carbocycles. The van der Waals surface area contributed by atoms with Crippen LogP contribution in [0.25, 0.3) is 0 Å². The minimum absolute atomic E-state index is 0.0885. The third-order valence-corrected chi connectivity index (χ3v) is 3.30. The van der Waals surface area contributed by atoms with Crippen LogP contribution in [0.3, 0.4) is 0 Å². The smallest absolute Gasteiger partial charge is 0.244 e. The molecule has 0 N–H and O–H groups in total. The second-order valence-electron chi connectivity index (χ2n) is 4.45. The van der Waals surface area contributed by atoms with Crippen molar-refractivity contribution in [3.63, 3.8) is 0 Å². The fourth-order valence-corrected chi connectivity index (χ4v) is 2.23. The number of aldehydes is 1. The first kappa shape index (κ1) is 11.8. The zero-order valence-electron chi connectivity index (χ0n) is 10.3. The Hall–Kier alpha value is -1.65. The lowest BCUT2D eigenvalue weighted by Crippen LogP contribution is -2.31. The lowest BCUT2D eigenvalue weighted by molar-refractivity contribution is -0.131. The van der Waals surface area contributed by atoms with Gasteiger partial charge in [-0.15, -0.1) is 0 Å². The molecular formula is C12H17N3O2. The van der Waals surface area contributed by atoms with Crippen LogP contribution in [-0.2, 0) is 11.3 Å². The summed E-state index contributed by atoms with van der Waals surface area (Å²) in [6, 6.07) is 0. The average molecular weight is 235 g/mol. The highest BCUT2D eigenvalue weighted by molar-refractivity contribution is 5.79. The lowest BCUT2D eigenvalue weighted by Gasteiger charge is -2.15. The van der Waals surface area contributed by atoms with Crippen molar-refractivity contribution in [1.29, 1.82) is 0 Å². The number of rotatable bonds is 3. The molecule has 0 aromatic carbocycles. The molecule has 5 nitrogen and oxygen atoms in total. The molecule has 1 fully saturated rings. The molecule has 1 saturated heterocycles. The van der Waals surface area contributed by atoms with Gasteiger partial charge in [0.15, 0.2) is 6.29 Å². The van der Waals surface area contributed by atoms with Crippen LogP contribution in [0.1, 0.15) is 34.6 Å². The van der Waals surface area contributed by atoms with Crippen molar-refractivity contribution in [1.82, 2.24) is 14.7 Å². The van der Waals surface area contributed by atoms with E-state index in [1.807, 2.05) is 11.8 Å². The van der Waals surface area contributed by atoms with Gasteiger partial charge in [0.1, 0.15) is 6.54 Å². The Morgan fingerprint density at radius 1 is 1.35 bits per heavy atom. The summed E-state index contributed by atoms with van der Waals surface area (Å²) in [5.41, 5.74) is 2.05. The summed E-state index contributed by atoms with van der Waals surface area (Å²) in [6.45, 7) is 5.53. The standard InChI is InChI=1S/C12H17N3O2/c1-9-11(8-16)10(2)15(13-9)7-12(17)14-5-3-4-6-14/h8H,3-7H2,1-2H3. The highest BCUT2D eigenvalue weighted by atomic mass is 16.2. The maximum Gasteiger partial charge on any atom is 0.244 e. The van der Waals surface area contributed by atoms with E-state index in [0.29, 0.717) is 11.3 Å². The van der Waals surface area contributed by atoms with Crippen LogP contribution in [0.4, 0.5) is 0 Å². The molecular weight excluding hydrogens is 218 g/mol. The van der Waals surface area contributed by atoms with Crippen LogP contribution in [-0.4, -0.2) is 40.0 Å². The van der Waals surface area contributed by atoms with Gasteiger partial charge in [0, 0.05) is 18.8 Å². The number of amides is 1. The van der Waals surface area contributed by atoms with Gasteiger partial charge in [0.25, 0.3) is 0 Å². The van der Waals surface area contributed by atoms with E-state index in [4.69, 9.17) is 0 Å². The second-order valence-corrected chi connectivity index (χ2v) is 4.45. The Kier molecular flexibility index (Phi) is 3.26. The minimum atomic E-state index is 0.0885. The van der Waals surface area contributed by atoms with E-state index in [-0.39, 0.29) is 12.5 Å². The third kappa shape index (κ3) is 2.23. The Balaban J connectivity index is 2.13.